The molecule has 0 aliphatic heterocycles. The Morgan fingerprint density at radius 3 is 2.15 bits per heavy atom. The van der Waals surface area contributed by atoms with Gasteiger partial charge in [-0.25, -0.2) is 0 Å². The second-order valence-corrected chi connectivity index (χ2v) is 3.15. The predicted molar refractivity (Wildman–Crippen MR) is 43.0 cm³/mol. The van der Waals surface area contributed by atoms with E-state index in [0.717, 1.165) is 24.8 Å². The van der Waals surface area contributed by atoms with E-state index < -0.39 is 11.7 Å². The summed E-state index contributed by atoms with van der Waals surface area (Å²) in [5.74, 6) is 0.924. The molecule has 0 atom stereocenters. The maximum atomic E-state index is 12.4. The third-order valence-corrected chi connectivity index (χ3v) is 2.11. The molecule has 0 bridgehead atoms. The van der Waals surface area contributed by atoms with E-state index in [0.29, 0.717) is 5.56 Å². The fourth-order valence-electron chi connectivity index (χ4n) is 1.37. The molecule has 0 spiro atoms. The van der Waals surface area contributed by atoms with Gasteiger partial charge in [-0.1, -0.05) is 18.2 Å². The SMILES string of the molecule is FC(F)(F)c1ccccc1[C]1CC1. The smallest absolute Gasteiger partial charge is 0.166 e. The van der Waals surface area contributed by atoms with Crippen LogP contribution in [-0.2, 0) is 6.18 Å². The summed E-state index contributed by atoms with van der Waals surface area (Å²) in [7, 11) is 0. The molecule has 3 heteroatoms. The molecule has 0 N–H and O–H groups in total. The van der Waals surface area contributed by atoms with Crippen molar-refractivity contribution in [2.75, 3.05) is 0 Å². The van der Waals surface area contributed by atoms with Crippen LogP contribution < -0.4 is 0 Å². The van der Waals surface area contributed by atoms with Crippen LogP contribution in [0.15, 0.2) is 24.3 Å². The Bertz CT molecular complexity index is 310. The van der Waals surface area contributed by atoms with E-state index in [2.05, 4.69) is 0 Å². The summed E-state index contributed by atoms with van der Waals surface area (Å²) in [6.45, 7) is 0. The lowest BCUT2D eigenvalue weighted by molar-refractivity contribution is -0.138. The highest BCUT2D eigenvalue weighted by Crippen LogP contribution is 2.44. The molecule has 2 rings (SSSR count). The fraction of sp³-hybridized carbons (Fsp3) is 0.300. The Morgan fingerprint density at radius 2 is 1.62 bits per heavy atom. The van der Waals surface area contributed by atoms with Crippen molar-refractivity contribution < 1.29 is 13.2 Å². The van der Waals surface area contributed by atoms with Crippen molar-refractivity contribution in [1.82, 2.24) is 0 Å². The summed E-state index contributed by atoms with van der Waals surface area (Å²) in [6.07, 6.45) is -2.59. The third kappa shape index (κ3) is 1.69. The molecule has 13 heavy (non-hydrogen) atoms. The first-order valence-electron chi connectivity index (χ1n) is 4.10. The van der Waals surface area contributed by atoms with Crippen LogP contribution in [0.5, 0.6) is 0 Å². The first kappa shape index (κ1) is 8.60. The number of benzene rings is 1. The fourth-order valence-corrected chi connectivity index (χ4v) is 1.37. The standard InChI is InChI=1S/C10H8F3/c11-10(12,13)9-4-2-1-3-8(9)7-5-6-7/h1-4H,5-6H2. The zero-order valence-electron chi connectivity index (χ0n) is 6.86. The summed E-state index contributed by atoms with van der Waals surface area (Å²) in [5, 5.41) is 0. The molecule has 1 aliphatic rings. The molecule has 0 nitrogen and oxygen atoms in total. The topological polar surface area (TPSA) is 0 Å². The molecule has 0 amide bonds. The van der Waals surface area contributed by atoms with Gasteiger partial charge in [0.15, 0.2) is 0 Å². The minimum absolute atomic E-state index is 0.384. The van der Waals surface area contributed by atoms with Gasteiger partial charge in [0.05, 0.1) is 5.56 Å². The van der Waals surface area contributed by atoms with Gasteiger partial charge in [0.25, 0.3) is 0 Å². The molecule has 1 saturated carbocycles. The molecule has 69 valence electrons. The minimum atomic E-state index is -4.22. The summed E-state index contributed by atoms with van der Waals surface area (Å²) in [6, 6.07) is 5.76. The number of rotatable bonds is 1. The van der Waals surface area contributed by atoms with E-state index in [1.807, 2.05) is 0 Å². The summed E-state index contributed by atoms with van der Waals surface area (Å²) < 4.78 is 37.3. The van der Waals surface area contributed by atoms with Crippen LogP contribution in [-0.4, -0.2) is 0 Å². The highest BCUT2D eigenvalue weighted by molar-refractivity contribution is 5.44. The number of hydrogen-bond acceptors (Lipinski definition) is 0. The monoisotopic (exact) mass is 185 g/mol. The summed E-state index contributed by atoms with van der Waals surface area (Å²) in [5.41, 5.74) is -0.113. The molecule has 0 saturated heterocycles. The van der Waals surface area contributed by atoms with E-state index in [-0.39, 0.29) is 0 Å². The van der Waals surface area contributed by atoms with Crippen molar-refractivity contribution in [2.24, 2.45) is 0 Å². The lowest BCUT2D eigenvalue weighted by Crippen LogP contribution is -2.08. The highest BCUT2D eigenvalue weighted by atomic mass is 19.4. The molecule has 1 aromatic rings. The zero-order chi connectivity index (χ0) is 9.47. The molecule has 0 unspecified atom stereocenters. The maximum Gasteiger partial charge on any atom is 0.416 e. The van der Waals surface area contributed by atoms with Crippen molar-refractivity contribution in [3.8, 4) is 0 Å². The predicted octanol–water partition coefficient (Wildman–Crippen LogP) is 3.42. The quantitative estimate of drug-likeness (QED) is 0.628. The Balaban J connectivity index is 2.43. The molecule has 1 fully saturated rings. The molecule has 0 aromatic heterocycles. The van der Waals surface area contributed by atoms with E-state index in [1.165, 1.54) is 6.07 Å². The largest absolute Gasteiger partial charge is 0.416 e. The molecular formula is C10H8F3. The van der Waals surface area contributed by atoms with Crippen molar-refractivity contribution in [3.05, 3.63) is 41.3 Å². The van der Waals surface area contributed by atoms with Crippen LogP contribution in [0.2, 0.25) is 0 Å². The van der Waals surface area contributed by atoms with Gasteiger partial charge >= 0.3 is 6.18 Å². The van der Waals surface area contributed by atoms with E-state index >= 15 is 0 Å². The van der Waals surface area contributed by atoms with Gasteiger partial charge < -0.3 is 0 Å². The van der Waals surface area contributed by atoms with Gasteiger partial charge in [0.2, 0.25) is 0 Å². The van der Waals surface area contributed by atoms with E-state index in [9.17, 15) is 13.2 Å². The lowest BCUT2D eigenvalue weighted by atomic mass is 10.0. The van der Waals surface area contributed by atoms with Crippen LogP contribution in [0.1, 0.15) is 24.0 Å². The Labute approximate surface area is 74.4 Å². The number of halogens is 3. The van der Waals surface area contributed by atoms with Crippen molar-refractivity contribution in [3.63, 3.8) is 0 Å². The van der Waals surface area contributed by atoms with Gasteiger partial charge in [0, 0.05) is 5.92 Å². The van der Waals surface area contributed by atoms with Gasteiger partial charge in [-0.2, -0.15) is 13.2 Å². The number of hydrogen-bond donors (Lipinski definition) is 0. The average molecular weight is 185 g/mol. The first-order valence-corrected chi connectivity index (χ1v) is 4.10. The third-order valence-electron chi connectivity index (χ3n) is 2.11. The Morgan fingerprint density at radius 1 is 1.00 bits per heavy atom. The Kier molecular flexibility index (Phi) is 1.82. The summed E-state index contributed by atoms with van der Waals surface area (Å²) >= 11 is 0. The van der Waals surface area contributed by atoms with Crippen LogP contribution in [0, 0.1) is 5.92 Å². The maximum absolute atomic E-state index is 12.4. The van der Waals surface area contributed by atoms with Crippen LogP contribution in [0.4, 0.5) is 13.2 Å². The number of alkyl halides is 3. The van der Waals surface area contributed by atoms with Crippen molar-refractivity contribution in [2.45, 2.75) is 19.0 Å². The molecule has 1 radical (unpaired) electrons. The average Bonchev–Trinajstić information content (AvgIpc) is 2.85. The highest BCUT2D eigenvalue weighted by Gasteiger charge is 2.37. The van der Waals surface area contributed by atoms with Gasteiger partial charge in [-0.15, -0.1) is 0 Å². The van der Waals surface area contributed by atoms with Crippen LogP contribution in [0.25, 0.3) is 0 Å². The van der Waals surface area contributed by atoms with E-state index in [1.54, 1.807) is 12.1 Å². The molecule has 1 aromatic carbocycles. The second kappa shape index (κ2) is 2.76. The molecule has 1 aliphatic carbocycles. The van der Waals surface area contributed by atoms with Crippen molar-refractivity contribution >= 4 is 0 Å². The second-order valence-electron chi connectivity index (χ2n) is 3.15. The van der Waals surface area contributed by atoms with Gasteiger partial charge in [-0.3, -0.25) is 0 Å². The lowest BCUT2D eigenvalue weighted by Gasteiger charge is -2.10. The summed E-state index contributed by atoms with van der Waals surface area (Å²) in [4.78, 5) is 0. The van der Waals surface area contributed by atoms with Crippen molar-refractivity contribution in [1.29, 1.82) is 0 Å². The Hall–Kier alpha value is -0.990. The normalized spacial score (nSPS) is 17.5. The van der Waals surface area contributed by atoms with E-state index in [4.69, 9.17) is 0 Å². The van der Waals surface area contributed by atoms with Gasteiger partial charge in [-0.05, 0) is 24.5 Å². The van der Waals surface area contributed by atoms with Crippen LogP contribution >= 0.6 is 0 Å². The van der Waals surface area contributed by atoms with Crippen LogP contribution in [0.3, 0.4) is 0 Å². The zero-order valence-corrected chi connectivity index (χ0v) is 6.86. The van der Waals surface area contributed by atoms with Gasteiger partial charge in [0.1, 0.15) is 0 Å². The molecule has 0 heterocycles. The minimum Gasteiger partial charge on any atom is -0.166 e. The molecular weight excluding hydrogens is 177 g/mol. The first-order chi connectivity index (χ1) is 6.09.